The van der Waals surface area contributed by atoms with Crippen molar-refractivity contribution in [3.05, 3.63) is 35.4 Å². The summed E-state index contributed by atoms with van der Waals surface area (Å²) in [5.74, 6) is 0. The number of hydrogen-bond donors (Lipinski definition) is 0. The maximum absolute atomic E-state index is 5.93. The van der Waals surface area contributed by atoms with Crippen LogP contribution in [0, 0.1) is 0 Å². The number of rotatable bonds is 2. The van der Waals surface area contributed by atoms with Gasteiger partial charge in [-0.3, -0.25) is 0 Å². The second-order valence-corrected chi connectivity index (χ2v) is 4.24. The zero-order valence-corrected chi connectivity index (χ0v) is 9.05. The van der Waals surface area contributed by atoms with E-state index in [2.05, 4.69) is 38.1 Å². The lowest BCUT2D eigenvalue weighted by Gasteiger charge is -2.36. The second kappa shape index (κ2) is 3.74. The number of benzene rings is 1. The first-order chi connectivity index (χ1) is 6.76. The Morgan fingerprint density at radius 1 is 1.36 bits per heavy atom. The number of hydrogen-bond acceptors (Lipinski definition) is 1. The van der Waals surface area contributed by atoms with E-state index in [0.717, 1.165) is 19.4 Å². The van der Waals surface area contributed by atoms with Gasteiger partial charge in [0.25, 0.3) is 0 Å². The van der Waals surface area contributed by atoms with Crippen molar-refractivity contribution in [3.8, 4) is 0 Å². The summed E-state index contributed by atoms with van der Waals surface area (Å²) in [7, 11) is 0. The topological polar surface area (TPSA) is 9.23 Å². The molecule has 1 heterocycles. The third kappa shape index (κ3) is 1.57. The molecule has 1 heteroatoms. The lowest BCUT2D eigenvalue weighted by molar-refractivity contribution is -0.0526. The van der Waals surface area contributed by atoms with Gasteiger partial charge in [-0.25, -0.2) is 0 Å². The molecule has 1 aromatic carbocycles. The van der Waals surface area contributed by atoms with Crippen molar-refractivity contribution in [2.45, 2.75) is 38.7 Å². The summed E-state index contributed by atoms with van der Waals surface area (Å²) in [4.78, 5) is 0. The Kier molecular flexibility index (Phi) is 2.60. The molecular formula is C13H18O. The molecule has 0 N–H and O–H groups in total. The summed E-state index contributed by atoms with van der Waals surface area (Å²) in [5.41, 5.74) is 2.83. The third-order valence-electron chi connectivity index (χ3n) is 3.11. The van der Waals surface area contributed by atoms with Gasteiger partial charge in [-0.15, -0.1) is 0 Å². The normalized spacial score (nSPS) is 25.9. The molecule has 0 bridgehead atoms. The molecule has 76 valence electrons. The highest BCUT2D eigenvalue weighted by molar-refractivity contribution is 5.33. The van der Waals surface area contributed by atoms with E-state index in [1.807, 2.05) is 0 Å². The molecule has 0 fully saturated rings. The molecule has 0 saturated heterocycles. The Labute approximate surface area is 86.1 Å². The predicted octanol–water partition coefficient (Wildman–Crippen LogP) is 3.27. The summed E-state index contributed by atoms with van der Waals surface area (Å²) in [6.45, 7) is 5.30. The standard InChI is InChI=1S/C13H18O/c1-3-9-13(2)12-7-5-4-6-11(12)8-10-14-13/h4-7H,3,8-10H2,1-2H3. The Morgan fingerprint density at radius 2 is 2.14 bits per heavy atom. The van der Waals surface area contributed by atoms with Crippen molar-refractivity contribution in [3.63, 3.8) is 0 Å². The Hall–Kier alpha value is -0.820. The molecule has 0 spiro atoms. The molecule has 1 aliphatic heterocycles. The van der Waals surface area contributed by atoms with Gasteiger partial charge in [0.1, 0.15) is 0 Å². The fourth-order valence-electron chi connectivity index (χ4n) is 2.40. The highest BCUT2D eigenvalue weighted by Crippen LogP contribution is 2.36. The summed E-state index contributed by atoms with van der Waals surface area (Å²) in [6, 6.07) is 8.67. The van der Waals surface area contributed by atoms with E-state index in [4.69, 9.17) is 4.74 Å². The largest absolute Gasteiger partial charge is 0.370 e. The first-order valence-electron chi connectivity index (χ1n) is 5.48. The highest BCUT2D eigenvalue weighted by atomic mass is 16.5. The SMILES string of the molecule is CCCC1(C)OCCc2ccccc21. The van der Waals surface area contributed by atoms with E-state index in [1.165, 1.54) is 17.5 Å². The first-order valence-corrected chi connectivity index (χ1v) is 5.48. The molecule has 0 amide bonds. The fraction of sp³-hybridized carbons (Fsp3) is 0.538. The van der Waals surface area contributed by atoms with E-state index in [1.54, 1.807) is 0 Å². The van der Waals surface area contributed by atoms with E-state index in [9.17, 15) is 0 Å². The Balaban J connectivity index is 2.39. The fourth-order valence-corrected chi connectivity index (χ4v) is 2.40. The van der Waals surface area contributed by atoms with Gasteiger partial charge in [-0.1, -0.05) is 37.6 Å². The molecule has 0 aliphatic carbocycles. The van der Waals surface area contributed by atoms with Crippen LogP contribution in [-0.2, 0) is 16.8 Å². The quantitative estimate of drug-likeness (QED) is 0.695. The molecule has 14 heavy (non-hydrogen) atoms. The van der Waals surface area contributed by atoms with E-state index in [-0.39, 0.29) is 5.60 Å². The van der Waals surface area contributed by atoms with Crippen LogP contribution in [-0.4, -0.2) is 6.61 Å². The minimum absolute atomic E-state index is 0.0381. The van der Waals surface area contributed by atoms with Crippen LogP contribution in [0.5, 0.6) is 0 Å². The minimum atomic E-state index is -0.0381. The lowest BCUT2D eigenvalue weighted by atomic mass is 9.85. The van der Waals surface area contributed by atoms with E-state index < -0.39 is 0 Å². The van der Waals surface area contributed by atoms with Crippen LogP contribution in [0.25, 0.3) is 0 Å². The van der Waals surface area contributed by atoms with Crippen LogP contribution in [0.3, 0.4) is 0 Å². The monoisotopic (exact) mass is 190 g/mol. The summed E-state index contributed by atoms with van der Waals surface area (Å²) < 4.78 is 5.93. The Bertz CT molecular complexity index is 319. The average molecular weight is 190 g/mol. The van der Waals surface area contributed by atoms with E-state index in [0.29, 0.717) is 0 Å². The van der Waals surface area contributed by atoms with Crippen molar-refractivity contribution in [1.82, 2.24) is 0 Å². The molecule has 1 atom stereocenters. The van der Waals surface area contributed by atoms with Crippen LogP contribution in [0.2, 0.25) is 0 Å². The van der Waals surface area contributed by atoms with Crippen molar-refractivity contribution in [2.75, 3.05) is 6.61 Å². The van der Waals surface area contributed by atoms with Gasteiger partial charge >= 0.3 is 0 Å². The molecule has 0 radical (unpaired) electrons. The minimum Gasteiger partial charge on any atom is -0.370 e. The number of ether oxygens (including phenoxy) is 1. The molecular weight excluding hydrogens is 172 g/mol. The van der Waals surface area contributed by atoms with Gasteiger partial charge in [0.05, 0.1) is 12.2 Å². The number of fused-ring (bicyclic) bond motifs is 1. The van der Waals surface area contributed by atoms with Crippen molar-refractivity contribution >= 4 is 0 Å². The van der Waals surface area contributed by atoms with Crippen molar-refractivity contribution in [2.24, 2.45) is 0 Å². The average Bonchev–Trinajstić information content (AvgIpc) is 2.19. The Morgan fingerprint density at radius 3 is 2.93 bits per heavy atom. The molecule has 1 aromatic rings. The van der Waals surface area contributed by atoms with Gasteiger partial charge < -0.3 is 4.74 Å². The smallest absolute Gasteiger partial charge is 0.0906 e. The highest BCUT2D eigenvalue weighted by Gasteiger charge is 2.31. The summed E-state index contributed by atoms with van der Waals surface area (Å²) in [5, 5.41) is 0. The van der Waals surface area contributed by atoms with Gasteiger partial charge in [-0.05, 0) is 30.9 Å². The molecule has 1 aliphatic rings. The van der Waals surface area contributed by atoms with Gasteiger partial charge in [0.15, 0.2) is 0 Å². The van der Waals surface area contributed by atoms with Gasteiger partial charge in [0, 0.05) is 0 Å². The maximum Gasteiger partial charge on any atom is 0.0906 e. The molecule has 1 unspecified atom stereocenters. The van der Waals surface area contributed by atoms with Crippen LogP contribution in [0.4, 0.5) is 0 Å². The van der Waals surface area contributed by atoms with Gasteiger partial charge in [-0.2, -0.15) is 0 Å². The molecule has 0 saturated carbocycles. The first kappa shape index (κ1) is 9.72. The van der Waals surface area contributed by atoms with Crippen LogP contribution in [0.15, 0.2) is 24.3 Å². The molecule has 0 aromatic heterocycles. The summed E-state index contributed by atoms with van der Waals surface area (Å²) >= 11 is 0. The third-order valence-corrected chi connectivity index (χ3v) is 3.11. The summed E-state index contributed by atoms with van der Waals surface area (Å²) in [6.07, 6.45) is 3.35. The van der Waals surface area contributed by atoms with Crippen LogP contribution >= 0.6 is 0 Å². The van der Waals surface area contributed by atoms with Gasteiger partial charge in [0.2, 0.25) is 0 Å². The maximum atomic E-state index is 5.93. The molecule has 1 nitrogen and oxygen atoms in total. The predicted molar refractivity (Wildman–Crippen MR) is 58.4 cm³/mol. The van der Waals surface area contributed by atoms with Crippen LogP contribution in [0.1, 0.15) is 37.8 Å². The molecule has 2 rings (SSSR count). The zero-order chi connectivity index (χ0) is 10.0. The zero-order valence-electron chi connectivity index (χ0n) is 9.05. The second-order valence-electron chi connectivity index (χ2n) is 4.24. The lowest BCUT2D eigenvalue weighted by Crippen LogP contribution is -2.32. The van der Waals surface area contributed by atoms with Crippen LogP contribution < -0.4 is 0 Å². The van der Waals surface area contributed by atoms with Crippen molar-refractivity contribution < 1.29 is 4.74 Å². The van der Waals surface area contributed by atoms with Crippen molar-refractivity contribution in [1.29, 1.82) is 0 Å². The van der Waals surface area contributed by atoms with E-state index >= 15 is 0 Å².